The third kappa shape index (κ3) is 3.07. The highest BCUT2D eigenvalue weighted by Crippen LogP contribution is 2.38. The highest BCUT2D eigenvalue weighted by molar-refractivity contribution is 5.89. The van der Waals surface area contributed by atoms with E-state index >= 15 is 0 Å². The molecule has 4 rings (SSSR count). The first-order valence-corrected chi connectivity index (χ1v) is 8.61. The number of H-pyrrole nitrogens is 1. The second kappa shape index (κ2) is 7.23. The number of piperazine rings is 1. The van der Waals surface area contributed by atoms with Gasteiger partial charge in [0.05, 0.1) is 23.9 Å². The minimum Gasteiger partial charge on any atom is -0.394 e. The lowest BCUT2D eigenvalue weighted by atomic mass is 10.0. The predicted octanol–water partition coefficient (Wildman–Crippen LogP) is 2.05. The molecule has 1 aliphatic heterocycles. The van der Waals surface area contributed by atoms with E-state index < -0.39 is 0 Å². The van der Waals surface area contributed by atoms with E-state index in [0.717, 1.165) is 41.3 Å². The highest BCUT2D eigenvalue weighted by Gasteiger charge is 2.28. The number of aliphatic hydroxyl groups is 1. The summed E-state index contributed by atoms with van der Waals surface area (Å²) < 4.78 is 13.3. The van der Waals surface area contributed by atoms with E-state index in [2.05, 4.69) is 25.4 Å². The molecule has 134 valence electrons. The Morgan fingerprint density at radius 2 is 1.88 bits per heavy atom. The lowest BCUT2D eigenvalue weighted by molar-refractivity contribution is 0.246. The first-order chi connectivity index (χ1) is 12.8. The lowest BCUT2D eigenvalue weighted by Crippen LogP contribution is -2.53. The van der Waals surface area contributed by atoms with E-state index in [1.54, 1.807) is 24.5 Å². The first-order valence-electron chi connectivity index (χ1n) is 8.61. The predicted molar refractivity (Wildman–Crippen MR) is 98.3 cm³/mol. The van der Waals surface area contributed by atoms with Crippen LogP contribution < -0.4 is 10.2 Å². The van der Waals surface area contributed by atoms with Crippen molar-refractivity contribution < 1.29 is 9.50 Å². The van der Waals surface area contributed by atoms with Crippen LogP contribution in [0.2, 0.25) is 0 Å². The maximum absolute atomic E-state index is 13.3. The zero-order valence-corrected chi connectivity index (χ0v) is 14.2. The molecule has 2 aromatic heterocycles. The van der Waals surface area contributed by atoms with Crippen molar-refractivity contribution in [2.45, 2.75) is 6.04 Å². The number of anilines is 1. The number of nitrogens with one attached hydrogen (secondary N) is 2. The highest BCUT2D eigenvalue weighted by atomic mass is 19.1. The van der Waals surface area contributed by atoms with Crippen molar-refractivity contribution in [1.29, 1.82) is 0 Å². The minimum absolute atomic E-state index is 0.0432. The lowest BCUT2D eigenvalue weighted by Gasteiger charge is -2.36. The van der Waals surface area contributed by atoms with Crippen molar-refractivity contribution in [3.8, 4) is 22.4 Å². The van der Waals surface area contributed by atoms with Gasteiger partial charge in [0.2, 0.25) is 0 Å². The van der Waals surface area contributed by atoms with Gasteiger partial charge in [0.25, 0.3) is 0 Å². The van der Waals surface area contributed by atoms with Gasteiger partial charge in [-0.05, 0) is 42.0 Å². The fourth-order valence-electron chi connectivity index (χ4n) is 3.36. The molecule has 6 nitrogen and oxygen atoms in total. The van der Waals surface area contributed by atoms with Crippen molar-refractivity contribution in [2.24, 2.45) is 0 Å². The van der Waals surface area contributed by atoms with E-state index in [4.69, 9.17) is 0 Å². The largest absolute Gasteiger partial charge is 0.394 e. The van der Waals surface area contributed by atoms with Crippen LogP contribution in [0, 0.1) is 5.82 Å². The number of hydrogen-bond donors (Lipinski definition) is 3. The third-order valence-corrected chi connectivity index (χ3v) is 4.68. The van der Waals surface area contributed by atoms with Crippen molar-refractivity contribution in [1.82, 2.24) is 20.5 Å². The second-order valence-corrected chi connectivity index (χ2v) is 6.27. The summed E-state index contributed by atoms with van der Waals surface area (Å²) in [5.41, 5.74) is 3.58. The summed E-state index contributed by atoms with van der Waals surface area (Å²) in [7, 11) is 0. The summed E-state index contributed by atoms with van der Waals surface area (Å²) in [5, 5.41) is 20.7. The van der Waals surface area contributed by atoms with Crippen LogP contribution in [0.5, 0.6) is 0 Å². The van der Waals surface area contributed by atoms with Crippen LogP contribution in [0.1, 0.15) is 0 Å². The molecule has 1 aliphatic rings. The SMILES string of the molecule is OCC1CNCCN1c1n[nH]c(-c2ccc(F)cc2)c1-c1ccncc1. The zero-order chi connectivity index (χ0) is 17.9. The summed E-state index contributed by atoms with van der Waals surface area (Å²) in [6.07, 6.45) is 3.48. The Labute approximate surface area is 150 Å². The van der Waals surface area contributed by atoms with Crippen molar-refractivity contribution in [2.75, 3.05) is 31.1 Å². The second-order valence-electron chi connectivity index (χ2n) is 6.27. The van der Waals surface area contributed by atoms with Gasteiger partial charge in [-0.2, -0.15) is 5.10 Å². The molecule has 1 saturated heterocycles. The summed E-state index contributed by atoms with van der Waals surface area (Å²) in [5.74, 6) is 0.512. The number of benzene rings is 1. The number of aromatic amines is 1. The molecule has 1 atom stereocenters. The maximum atomic E-state index is 13.3. The van der Waals surface area contributed by atoms with Gasteiger partial charge >= 0.3 is 0 Å². The molecule has 0 spiro atoms. The Morgan fingerprint density at radius 1 is 1.12 bits per heavy atom. The third-order valence-electron chi connectivity index (χ3n) is 4.68. The van der Waals surface area contributed by atoms with Gasteiger partial charge in [-0.3, -0.25) is 10.1 Å². The Bertz CT molecular complexity index is 865. The van der Waals surface area contributed by atoms with Gasteiger partial charge in [-0.1, -0.05) is 0 Å². The molecule has 0 bridgehead atoms. The molecule has 1 fully saturated rings. The van der Waals surface area contributed by atoms with Crippen LogP contribution >= 0.6 is 0 Å². The van der Waals surface area contributed by atoms with Crippen LogP contribution in [0.15, 0.2) is 48.8 Å². The van der Waals surface area contributed by atoms with Crippen LogP contribution in [-0.4, -0.2) is 52.6 Å². The van der Waals surface area contributed by atoms with E-state index in [9.17, 15) is 9.50 Å². The fraction of sp³-hybridized carbons (Fsp3) is 0.263. The van der Waals surface area contributed by atoms with Gasteiger partial charge < -0.3 is 15.3 Å². The van der Waals surface area contributed by atoms with Crippen LogP contribution in [0.25, 0.3) is 22.4 Å². The monoisotopic (exact) mass is 353 g/mol. The van der Waals surface area contributed by atoms with Gasteiger partial charge in [0.15, 0.2) is 5.82 Å². The van der Waals surface area contributed by atoms with Gasteiger partial charge in [-0.15, -0.1) is 0 Å². The normalized spacial score (nSPS) is 17.5. The quantitative estimate of drug-likeness (QED) is 0.669. The number of aromatic nitrogens is 3. The summed E-state index contributed by atoms with van der Waals surface area (Å²) in [4.78, 5) is 6.22. The summed E-state index contributed by atoms with van der Waals surface area (Å²) in [6.45, 7) is 2.31. The number of halogens is 1. The zero-order valence-electron chi connectivity index (χ0n) is 14.2. The Hall–Kier alpha value is -2.77. The van der Waals surface area contributed by atoms with Crippen molar-refractivity contribution >= 4 is 5.82 Å². The minimum atomic E-state index is -0.276. The Morgan fingerprint density at radius 3 is 2.62 bits per heavy atom. The summed E-state index contributed by atoms with van der Waals surface area (Å²) in [6, 6.07) is 10.2. The molecule has 0 saturated carbocycles. The first kappa shape index (κ1) is 16.7. The van der Waals surface area contributed by atoms with Crippen LogP contribution in [-0.2, 0) is 0 Å². The summed E-state index contributed by atoms with van der Waals surface area (Å²) >= 11 is 0. The van der Waals surface area contributed by atoms with Gasteiger partial charge in [0.1, 0.15) is 5.82 Å². The molecule has 0 aliphatic carbocycles. The van der Waals surface area contributed by atoms with Gasteiger partial charge in [0, 0.05) is 37.6 Å². The number of pyridine rings is 1. The van der Waals surface area contributed by atoms with E-state index in [-0.39, 0.29) is 18.5 Å². The van der Waals surface area contributed by atoms with Crippen molar-refractivity contribution in [3.63, 3.8) is 0 Å². The maximum Gasteiger partial charge on any atom is 0.159 e. The molecule has 1 aromatic carbocycles. The van der Waals surface area contributed by atoms with E-state index in [0.29, 0.717) is 6.54 Å². The van der Waals surface area contributed by atoms with E-state index in [1.165, 1.54) is 12.1 Å². The van der Waals surface area contributed by atoms with Crippen molar-refractivity contribution in [3.05, 3.63) is 54.6 Å². The number of hydrogen-bond acceptors (Lipinski definition) is 5. The molecule has 0 radical (unpaired) electrons. The number of rotatable bonds is 4. The molecule has 26 heavy (non-hydrogen) atoms. The standard InChI is InChI=1S/C19H20FN5O/c20-15-3-1-14(2-4-15)18-17(13-5-7-21-8-6-13)19(24-23-18)25-10-9-22-11-16(25)12-26/h1-8,16,22,26H,9-12H2,(H,23,24). The van der Waals surface area contributed by atoms with Crippen LogP contribution in [0.3, 0.4) is 0 Å². The topological polar surface area (TPSA) is 77.1 Å². The number of nitrogens with zero attached hydrogens (tertiary/aromatic N) is 3. The molecule has 0 amide bonds. The number of aliphatic hydroxyl groups excluding tert-OH is 1. The fourth-order valence-corrected chi connectivity index (χ4v) is 3.36. The molecule has 3 aromatic rings. The Balaban J connectivity index is 1.86. The van der Waals surface area contributed by atoms with Crippen LogP contribution in [0.4, 0.5) is 10.2 Å². The Kier molecular flexibility index (Phi) is 4.64. The molecule has 3 N–H and O–H groups in total. The molecule has 3 heterocycles. The molecular weight excluding hydrogens is 333 g/mol. The average Bonchev–Trinajstić information content (AvgIpc) is 3.14. The molecule has 7 heteroatoms. The van der Waals surface area contributed by atoms with E-state index in [1.807, 2.05) is 12.1 Å². The average molecular weight is 353 g/mol. The molecule has 1 unspecified atom stereocenters. The van der Waals surface area contributed by atoms with Gasteiger partial charge in [-0.25, -0.2) is 4.39 Å². The molecular formula is C19H20FN5O. The smallest absolute Gasteiger partial charge is 0.159 e.